The summed E-state index contributed by atoms with van der Waals surface area (Å²) in [5.41, 5.74) is 5.18. The van der Waals surface area contributed by atoms with Crippen LogP contribution in [0.1, 0.15) is 127 Å². The second-order valence-corrected chi connectivity index (χ2v) is 19.6. The molecule has 2 aromatic heterocycles. The van der Waals surface area contributed by atoms with Gasteiger partial charge in [0.05, 0.1) is 0 Å². The second-order valence-electron chi connectivity index (χ2n) is 18.8. The van der Waals surface area contributed by atoms with Crippen LogP contribution in [-0.4, -0.2) is 85.2 Å². The SMILES string of the molecule is C.Cc1ccc(Nc2nc(NC3CCCCCC3)nc(NC3CCN(Cc4ccccc4)CC3)n2)cc1Cl.Cc1ccc(Nc2nc(NC3CCCCCC3)nc(NC3CCNCC3)n2)cc1Cl. The average molecular weight is 966 g/mol. The molecule has 7 N–H and O–H groups in total. The van der Waals surface area contributed by atoms with Crippen LogP contribution in [0.4, 0.5) is 47.1 Å². The normalized spacial score (nSPS) is 17.9. The predicted octanol–water partition coefficient (Wildman–Crippen LogP) is 12.3. The smallest absolute Gasteiger partial charge is 0.233 e. The van der Waals surface area contributed by atoms with E-state index >= 15 is 0 Å². The molecule has 4 heterocycles. The van der Waals surface area contributed by atoms with Crippen molar-refractivity contribution in [1.29, 1.82) is 0 Å². The van der Waals surface area contributed by atoms with Crippen LogP contribution in [-0.2, 0) is 6.54 Å². The number of rotatable bonds is 14. The summed E-state index contributed by atoms with van der Waals surface area (Å²) >= 11 is 12.6. The first-order valence-corrected chi connectivity index (χ1v) is 25.6. The van der Waals surface area contributed by atoms with Crippen LogP contribution in [0, 0.1) is 13.8 Å². The number of halogens is 2. The van der Waals surface area contributed by atoms with Crippen LogP contribution in [0.15, 0.2) is 66.7 Å². The first-order chi connectivity index (χ1) is 32.8. The molecule has 2 saturated carbocycles. The van der Waals surface area contributed by atoms with E-state index in [0.717, 1.165) is 104 Å². The Morgan fingerprint density at radius 2 is 0.868 bits per heavy atom. The van der Waals surface area contributed by atoms with E-state index in [2.05, 4.69) is 82.4 Å². The van der Waals surface area contributed by atoms with Gasteiger partial charge in [0.1, 0.15) is 0 Å². The van der Waals surface area contributed by atoms with Crippen molar-refractivity contribution >= 4 is 70.3 Å². The van der Waals surface area contributed by atoms with Gasteiger partial charge >= 0.3 is 0 Å². The molecule has 0 unspecified atom stereocenters. The van der Waals surface area contributed by atoms with Crippen molar-refractivity contribution in [3.63, 3.8) is 0 Å². The van der Waals surface area contributed by atoms with Crippen LogP contribution in [0.3, 0.4) is 0 Å². The average Bonchev–Trinajstić information content (AvgIpc) is 3.76. The largest absolute Gasteiger partial charge is 0.351 e. The Bertz CT molecular complexity index is 2290. The molecule has 68 heavy (non-hydrogen) atoms. The van der Waals surface area contributed by atoms with E-state index in [1.165, 1.54) is 69.8 Å². The molecule has 366 valence electrons. The highest BCUT2D eigenvalue weighted by atomic mass is 35.5. The molecule has 9 rings (SSSR count). The molecule has 5 aromatic rings. The zero-order valence-corrected chi connectivity index (χ0v) is 40.9. The van der Waals surface area contributed by atoms with Gasteiger partial charge in [-0.2, -0.15) is 29.9 Å². The van der Waals surface area contributed by atoms with Crippen molar-refractivity contribution in [3.8, 4) is 0 Å². The van der Waals surface area contributed by atoms with Gasteiger partial charge in [-0.3, -0.25) is 4.90 Å². The van der Waals surface area contributed by atoms with Crippen molar-refractivity contribution in [2.75, 3.05) is 58.1 Å². The number of benzene rings is 3. The van der Waals surface area contributed by atoms with E-state index in [0.29, 0.717) is 59.9 Å². The first-order valence-electron chi connectivity index (χ1n) is 24.9. The fourth-order valence-corrected chi connectivity index (χ4v) is 9.70. The number of aromatic nitrogens is 6. The molecule has 2 saturated heterocycles. The minimum Gasteiger partial charge on any atom is -0.351 e. The van der Waals surface area contributed by atoms with Gasteiger partial charge in [0, 0.05) is 65.2 Å². The number of hydrogen-bond acceptors (Lipinski definition) is 14. The van der Waals surface area contributed by atoms with Gasteiger partial charge in [-0.15, -0.1) is 0 Å². The van der Waals surface area contributed by atoms with E-state index < -0.39 is 0 Å². The Balaban J connectivity index is 0.000000203. The summed E-state index contributed by atoms with van der Waals surface area (Å²) in [5, 5.41) is 25.8. The molecule has 4 fully saturated rings. The van der Waals surface area contributed by atoms with Gasteiger partial charge in [-0.1, -0.05) is 124 Å². The van der Waals surface area contributed by atoms with E-state index in [9.17, 15) is 0 Å². The maximum atomic E-state index is 6.36. The highest BCUT2D eigenvalue weighted by molar-refractivity contribution is 6.32. The zero-order valence-electron chi connectivity index (χ0n) is 39.4. The summed E-state index contributed by atoms with van der Waals surface area (Å²) in [6, 6.07) is 24.0. The Morgan fingerprint density at radius 1 is 0.485 bits per heavy atom. The van der Waals surface area contributed by atoms with Gasteiger partial charge in [0.2, 0.25) is 35.7 Å². The number of nitrogens with zero attached hydrogens (tertiary/aromatic N) is 7. The first kappa shape index (κ1) is 50.8. The molecule has 0 amide bonds. The van der Waals surface area contributed by atoms with Crippen LogP contribution in [0.5, 0.6) is 0 Å². The van der Waals surface area contributed by atoms with Crippen LogP contribution >= 0.6 is 23.2 Å². The molecule has 0 spiro atoms. The van der Waals surface area contributed by atoms with Crippen LogP contribution < -0.4 is 37.2 Å². The molecule has 4 aliphatic rings. The number of piperidine rings is 2. The molecule has 0 bridgehead atoms. The summed E-state index contributed by atoms with van der Waals surface area (Å²) < 4.78 is 0. The van der Waals surface area contributed by atoms with Crippen molar-refractivity contribution in [3.05, 3.63) is 93.5 Å². The third kappa shape index (κ3) is 16.0. The van der Waals surface area contributed by atoms with Crippen molar-refractivity contribution in [2.24, 2.45) is 0 Å². The number of likely N-dealkylation sites (tertiary alicyclic amines) is 1. The van der Waals surface area contributed by atoms with Gasteiger partial charge < -0.3 is 37.2 Å². The van der Waals surface area contributed by atoms with E-state index in [1.807, 2.05) is 50.2 Å². The monoisotopic (exact) mass is 965 g/mol. The Kier molecular flexibility index (Phi) is 19.5. The maximum absolute atomic E-state index is 6.36. The number of nitrogens with one attached hydrogen (secondary N) is 7. The lowest BCUT2D eigenvalue weighted by atomic mass is 10.0. The molecule has 0 radical (unpaired) electrons. The molecule has 2 aliphatic carbocycles. The fraction of sp³-hybridized carbons (Fsp3) is 0.538. The topological polar surface area (TPSA) is 165 Å². The van der Waals surface area contributed by atoms with E-state index in [-0.39, 0.29) is 7.43 Å². The second kappa shape index (κ2) is 26.1. The summed E-state index contributed by atoms with van der Waals surface area (Å²) in [7, 11) is 0. The lowest BCUT2D eigenvalue weighted by molar-refractivity contribution is 0.211. The number of aryl methyl sites for hydroxylation is 2. The zero-order chi connectivity index (χ0) is 46.2. The molecular formula is C52H74Cl2N14. The molecule has 2 aliphatic heterocycles. The summed E-state index contributed by atoms with van der Waals surface area (Å²) in [6.45, 7) is 9.13. The minimum absolute atomic E-state index is 0. The Morgan fingerprint density at radius 3 is 1.28 bits per heavy atom. The van der Waals surface area contributed by atoms with Crippen molar-refractivity contribution < 1.29 is 0 Å². The minimum atomic E-state index is 0. The van der Waals surface area contributed by atoms with Gasteiger partial charge in [-0.25, -0.2) is 0 Å². The predicted molar refractivity (Wildman–Crippen MR) is 283 cm³/mol. The van der Waals surface area contributed by atoms with Gasteiger partial charge in [0.25, 0.3) is 0 Å². The summed E-state index contributed by atoms with van der Waals surface area (Å²) in [5.74, 6) is 3.55. The Hall–Kier alpha value is -5.02. The quantitative estimate of drug-likeness (QED) is 0.0526. The van der Waals surface area contributed by atoms with Gasteiger partial charge in [0.15, 0.2) is 0 Å². The third-order valence-corrected chi connectivity index (χ3v) is 14.2. The van der Waals surface area contributed by atoms with Gasteiger partial charge in [-0.05, 0) is 119 Å². The summed E-state index contributed by atoms with van der Waals surface area (Å²) in [4.78, 5) is 30.8. The number of anilines is 8. The van der Waals surface area contributed by atoms with Crippen molar-refractivity contribution in [1.82, 2.24) is 40.1 Å². The fourth-order valence-electron chi connectivity index (χ4n) is 9.34. The van der Waals surface area contributed by atoms with Crippen LogP contribution in [0.2, 0.25) is 10.0 Å². The van der Waals surface area contributed by atoms with Crippen molar-refractivity contribution in [2.45, 2.75) is 155 Å². The van der Waals surface area contributed by atoms with Crippen LogP contribution in [0.25, 0.3) is 0 Å². The number of hydrogen-bond donors (Lipinski definition) is 7. The maximum Gasteiger partial charge on any atom is 0.233 e. The third-order valence-electron chi connectivity index (χ3n) is 13.3. The highest BCUT2D eigenvalue weighted by Gasteiger charge is 2.22. The highest BCUT2D eigenvalue weighted by Crippen LogP contribution is 2.28. The van der Waals surface area contributed by atoms with E-state index in [4.69, 9.17) is 43.1 Å². The lowest BCUT2D eigenvalue weighted by Crippen LogP contribution is -2.39. The molecule has 3 aromatic carbocycles. The molecule has 16 heteroatoms. The molecule has 14 nitrogen and oxygen atoms in total. The summed E-state index contributed by atoms with van der Waals surface area (Å²) in [6.07, 6.45) is 19.2. The standard InChI is InChI=1S/C29H38ClN7.C22H32ClN7.CH4/c1-21-13-14-25(19-26(21)30)33-29-35-27(31-23-11-7-2-3-8-12-23)34-28(36-29)32-24-15-17-37(18-16-24)20-22-9-5-4-6-10-22;1-15-8-9-18(14-19(15)23)27-22-29-20(25-16-6-4-2-3-5-7-16)28-21(30-22)26-17-10-12-24-13-11-17;/h4-6,9-10,13-14,19,23-24H,2-3,7-8,11-12,15-18,20H2,1H3,(H3,31,32,33,34,35,36);8-9,14,16-17,24H,2-7,10-13H2,1H3,(H3,25,26,27,28,29,30);1H4. The van der Waals surface area contributed by atoms with E-state index in [1.54, 1.807) is 0 Å². The lowest BCUT2D eigenvalue weighted by Gasteiger charge is -2.32. The Labute approximate surface area is 414 Å². The molecule has 0 atom stereocenters. The molecular weight excluding hydrogens is 892 g/mol.